The van der Waals surface area contributed by atoms with Gasteiger partial charge in [-0.25, -0.2) is 0 Å². The van der Waals surface area contributed by atoms with Crippen molar-refractivity contribution >= 4 is 0 Å². The lowest BCUT2D eigenvalue weighted by atomic mass is 9.91. The van der Waals surface area contributed by atoms with Gasteiger partial charge >= 0.3 is 0 Å². The van der Waals surface area contributed by atoms with Gasteiger partial charge in [-0.1, -0.05) is 0 Å². The van der Waals surface area contributed by atoms with Crippen LogP contribution in [0, 0.1) is 0 Å². The van der Waals surface area contributed by atoms with Crippen LogP contribution in [0.3, 0.4) is 0 Å². The van der Waals surface area contributed by atoms with Crippen LogP contribution in [-0.4, -0.2) is 22.4 Å². The number of nitrogens with zero attached hydrogens (tertiary/aromatic N) is 1. The summed E-state index contributed by atoms with van der Waals surface area (Å²) in [6, 6.07) is 2.09. The fourth-order valence-electron chi connectivity index (χ4n) is 3.29. The Morgan fingerprint density at radius 2 is 2.35 bits per heavy atom. The molecule has 1 fully saturated rings. The van der Waals surface area contributed by atoms with Crippen LogP contribution in [0.1, 0.15) is 50.5 Å². The molecule has 1 aromatic heterocycles. The lowest BCUT2D eigenvalue weighted by molar-refractivity contribution is 0.0739. The summed E-state index contributed by atoms with van der Waals surface area (Å²) in [5, 5.41) is 10.0. The molecule has 1 saturated heterocycles. The number of ether oxygens (including phenoxy) is 1. The highest BCUT2D eigenvalue weighted by Gasteiger charge is 2.40. The molecule has 3 unspecified atom stereocenters. The van der Waals surface area contributed by atoms with Gasteiger partial charge in [-0.3, -0.25) is 0 Å². The molecule has 17 heavy (non-hydrogen) atoms. The first-order valence-electron chi connectivity index (χ1n) is 6.63. The van der Waals surface area contributed by atoms with Crippen molar-refractivity contribution < 1.29 is 9.84 Å². The molecule has 1 aliphatic heterocycles. The molecule has 0 bridgehead atoms. The largest absolute Gasteiger partial charge is 0.388 e. The monoisotopic (exact) mass is 235 g/mol. The predicted molar refractivity (Wildman–Crippen MR) is 66.0 cm³/mol. The molecule has 1 aliphatic carbocycles. The molecule has 1 N–H and O–H groups in total. The minimum atomic E-state index is -0.263. The lowest BCUT2D eigenvalue weighted by Crippen LogP contribution is -2.38. The predicted octanol–water partition coefficient (Wildman–Crippen LogP) is 2.38. The fourth-order valence-corrected chi connectivity index (χ4v) is 3.29. The zero-order valence-corrected chi connectivity index (χ0v) is 10.6. The summed E-state index contributed by atoms with van der Waals surface area (Å²) in [7, 11) is 0. The van der Waals surface area contributed by atoms with E-state index in [1.165, 1.54) is 5.69 Å². The van der Waals surface area contributed by atoms with Gasteiger partial charge in [-0.15, -0.1) is 0 Å². The highest BCUT2D eigenvalue weighted by molar-refractivity contribution is 5.29. The van der Waals surface area contributed by atoms with Crippen molar-refractivity contribution in [2.45, 2.75) is 57.3 Å². The zero-order chi connectivity index (χ0) is 12.0. The molecule has 0 radical (unpaired) electrons. The van der Waals surface area contributed by atoms with E-state index >= 15 is 0 Å². The second kappa shape index (κ2) is 3.85. The van der Waals surface area contributed by atoms with Crippen LogP contribution in [0.2, 0.25) is 0 Å². The van der Waals surface area contributed by atoms with Crippen LogP contribution in [0.15, 0.2) is 12.3 Å². The molecule has 3 rings (SSSR count). The molecule has 3 heteroatoms. The molecule has 94 valence electrons. The Morgan fingerprint density at radius 1 is 1.53 bits per heavy atom. The Labute approximate surface area is 102 Å². The SMILES string of the molecule is CC1OCCC1(C)n1ccc2c1CCCC2O. The van der Waals surface area contributed by atoms with E-state index in [0.717, 1.165) is 37.9 Å². The molecule has 0 spiro atoms. The van der Waals surface area contributed by atoms with E-state index in [0.29, 0.717) is 0 Å². The zero-order valence-electron chi connectivity index (χ0n) is 10.6. The summed E-state index contributed by atoms with van der Waals surface area (Å²) < 4.78 is 8.09. The summed E-state index contributed by atoms with van der Waals surface area (Å²) in [5.74, 6) is 0. The molecule has 2 heterocycles. The summed E-state index contributed by atoms with van der Waals surface area (Å²) in [6.07, 6.45) is 6.26. The van der Waals surface area contributed by atoms with E-state index < -0.39 is 0 Å². The van der Waals surface area contributed by atoms with Gasteiger partial charge in [0.15, 0.2) is 0 Å². The molecule has 3 atom stereocenters. The van der Waals surface area contributed by atoms with Crippen LogP contribution >= 0.6 is 0 Å². The third-order valence-corrected chi connectivity index (χ3v) is 4.68. The van der Waals surface area contributed by atoms with Gasteiger partial charge in [-0.2, -0.15) is 0 Å². The molecular formula is C14H21NO2. The van der Waals surface area contributed by atoms with Crippen molar-refractivity contribution in [3.63, 3.8) is 0 Å². The van der Waals surface area contributed by atoms with Gasteiger partial charge < -0.3 is 14.4 Å². The maximum absolute atomic E-state index is 10.0. The Morgan fingerprint density at radius 3 is 3.06 bits per heavy atom. The third-order valence-electron chi connectivity index (χ3n) is 4.68. The van der Waals surface area contributed by atoms with Crippen LogP contribution in [-0.2, 0) is 16.7 Å². The maximum Gasteiger partial charge on any atom is 0.0807 e. The Balaban J connectivity index is 2.04. The summed E-state index contributed by atoms with van der Waals surface area (Å²) >= 11 is 0. The Kier molecular flexibility index (Phi) is 2.56. The maximum atomic E-state index is 10.0. The quantitative estimate of drug-likeness (QED) is 0.811. The van der Waals surface area contributed by atoms with Crippen LogP contribution in [0.25, 0.3) is 0 Å². The number of aromatic nitrogens is 1. The molecule has 0 saturated carbocycles. The number of aliphatic hydroxyl groups is 1. The van der Waals surface area contributed by atoms with Crippen molar-refractivity contribution in [3.05, 3.63) is 23.5 Å². The van der Waals surface area contributed by atoms with Crippen LogP contribution < -0.4 is 0 Å². The number of rotatable bonds is 1. The van der Waals surface area contributed by atoms with Crippen molar-refractivity contribution in [2.24, 2.45) is 0 Å². The van der Waals surface area contributed by atoms with Crippen molar-refractivity contribution in [1.82, 2.24) is 4.57 Å². The first kappa shape index (κ1) is 11.3. The van der Waals surface area contributed by atoms with Gasteiger partial charge in [0.1, 0.15) is 0 Å². The number of aliphatic hydroxyl groups excluding tert-OH is 1. The van der Waals surface area contributed by atoms with Gasteiger partial charge in [-0.05, 0) is 45.6 Å². The van der Waals surface area contributed by atoms with Crippen molar-refractivity contribution in [3.8, 4) is 0 Å². The average molecular weight is 235 g/mol. The minimum absolute atomic E-state index is 0.0602. The topological polar surface area (TPSA) is 34.4 Å². The number of hydrogen-bond donors (Lipinski definition) is 1. The van der Waals surface area contributed by atoms with Gasteiger partial charge in [0.25, 0.3) is 0 Å². The highest BCUT2D eigenvalue weighted by Crippen LogP contribution is 2.39. The molecule has 2 aliphatic rings. The normalized spacial score (nSPS) is 37.1. The summed E-state index contributed by atoms with van der Waals surface area (Å²) in [6.45, 7) is 5.26. The second-order valence-corrected chi connectivity index (χ2v) is 5.62. The van der Waals surface area contributed by atoms with Gasteiger partial charge in [0.05, 0.1) is 17.7 Å². The van der Waals surface area contributed by atoms with E-state index in [-0.39, 0.29) is 17.7 Å². The van der Waals surface area contributed by atoms with Crippen molar-refractivity contribution in [2.75, 3.05) is 6.61 Å². The summed E-state index contributed by atoms with van der Waals surface area (Å²) in [4.78, 5) is 0. The first-order chi connectivity index (χ1) is 8.13. The second-order valence-electron chi connectivity index (χ2n) is 5.62. The van der Waals surface area contributed by atoms with E-state index in [1.807, 2.05) is 0 Å². The Hall–Kier alpha value is -0.800. The fraction of sp³-hybridized carbons (Fsp3) is 0.714. The highest BCUT2D eigenvalue weighted by atomic mass is 16.5. The molecular weight excluding hydrogens is 214 g/mol. The standard InChI is InChI=1S/C14H21NO2/c1-10-14(2,7-9-17-10)15-8-6-11-12(15)4-3-5-13(11)16/h6,8,10,13,16H,3-5,7,9H2,1-2H3. The lowest BCUT2D eigenvalue weighted by Gasteiger charge is -2.33. The van der Waals surface area contributed by atoms with E-state index in [4.69, 9.17) is 4.74 Å². The molecule has 3 nitrogen and oxygen atoms in total. The number of hydrogen-bond acceptors (Lipinski definition) is 2. The average Bonchev–Trinajstić information content (AvgIpc) is 2.86. The smallest absolute Gasteiger partial charge is 0.0807 e. The van der Waals surface area contributed by atoms with Gasteiger partial charge in [0.2, 0.25) is 0 Å². The Bertz CT molecular complexity index is 426. The molecule has 0 aromatic carbocycles. The third kappa shape index (κ3) is 1.56. The molecule has 1 aromatic rings. The first-order valence-corrected chi connectivity index (χ1v) is 6.63. The van der Waals surface area contributed by atoms with Crippen LogP contribution in [0.4, 0.5) is 0 Å². The van der Waals surface area contributed by atoms with E-state index in [1.54, 1.807) is 0 Å². The molecule has 0 amide bonds. The minimum Gasteiger partial charge on any atom is -0.388 e. The van der Waals surface area contributed by atoms with Gasteiger partial charge in [0, 0.05) is 24.1 Å². The number of fused-ring (bicyclic) bond motifs is 1. The van der Waals surface area contributed by atoms with E-state index in [9.17, 15) is 5.11 Å². The van der Waals surface area contributed by atoms with E-state index in [2.05, 4.69) is 30.7 Å². The summed E-state index contributed by atoms with van der Waals surface area (Å²) in [5.41, 5.74) is 2.52. The van der Waals surface area contributed by atoms with Crippen LogP contribution in [0.5, 0.6) is 0 Å². The van der Waals surface area contributed by atoms with Crippen molar-refractivity contribution in [1.29, 1.82) is 0 Å².